The molecule has 0 saturated carbocycles. The predicted octanol–water partition coefficient (Wildman–Crippen LogP) is 3.17. The molecule has 15 heavy (non-hydrogen) atoms. The first-order valence-electron chi connectivity index (χ1n) is 3.90. The standard InChI is InChI=1S/C9H4F2N2S2/c1-14-9-13-7-5(10)2-4(3-12)6(11)8(7)15-9/h2H,1H3. The van der Waals surface area contributed by atoms with Crippen LogP contribution in [-0.2, 0) is 0 Å². The fourth-order valence-electron chi connectivity index (χ4n) is 1.16. The van der Waals surface area contributed by atoms with Crippen molar-refractivity contribution < 1.29 is 8.78 Å². The van der Waals surface area contributed by atoms with Crippen molar-refractivity contribution in [3.05, 3.63) is 23.3 Å². The Kier molecular flexibility index (Phi) is 2.59. The Bertz CT molecular complexity index is 571. The van der Waals surface area contributed by atoms with E-state index in [0.717, 1.165) is 17.4 Å². The molecule has 2 rings (SSSR count). The van der Waals surface area contributed by atoms with Gasteiger partial charge < -0.3 is 0 Å². The Hall–Kier alpha value is -1.19. The largest absolute Gasteiger partial charge is 0.226 e. The molecule has 76 valence electrons. The summed E-state index contributed by atoms with van der Waals surface area (Å²) in [7, 11) is 0. The summed E-state index contributed by atoms with van der Waals surface area (Å²) in [6.07, 6.45) is 1.78. The molecule has 2 nitrogen and oxygen atoms in total. The molecule has 1 aromatic heterocycles. The van der Waals surface area contributed by atoms with Crippen molar-refractivity contribution in [2.45, 2.75) is 4.34 Å². The van der Waals surface area contributed by atoms with E-state index in [9.17, 15) is 8.78 Å². The van der Waals surface area contributed by atoms with Crippen molar-refractivity contribution in [1.29, 1.82) is 5.26 Å². The minimum atomic E-state index is -0.688. The van der Waals surface area contributed by atoms with Gasteiger partial charge in [0.2, 0.25) is 0 Å². The van der Waals surface area contributed by atoms with Crippen molar-refractivity contribution in [3.8, 4) is 6.07 Å². The van der Waals surface area contributed by atoms with Crippen LogP contribution in [0.4, 0.5) is 8.78 Å². The quantitative estimate of drug-likeness (QED) is 0.721. The minimum Gasteiger partial charge on any atom is -0.226 e. The molecule has 2 aromatic rings. The first kappa shape index (κ1) is 10.3. The van der Waals surface area contributed by atoms with Crippen LogP contribution in [0.1, 0.15) is 5.56 Å². The van der Waals surface area contributed by atoms with E-state index in [0.29, 0.717) is 4.34 Å². The molecule has 0 N–H and O–H groups in total. The highest BCUT2D eigenvalue weighted by molar-refractivity contribution is 8.00. The Morgan fingerprint density at radius 3 is 2.87 bits per heavy atom. The zero-order chi connectivity index (χ0) is 11.0. The number of benzene rings is 1. The maximum atomic E-state index is 13.6. The van der Waals surface area contributed by atoms with Gasteiger partial charge in [0.1, 0.15) is 11.6 Å². The average Bonchev–Trinajstić information content (AvgIpc) is 2.68. The lowest BCUT2D eigenvalue weighted by Crippen LogP contribution is -1.88. The monoisotopic (exact) mass is 242 g/mol. The number of nitriles is 1. The molecule has 0 aliphatic heterocycles. The maximum Gasteiger partial charge on any atom is 0.160 e. The Balaban J connectivity index is 2.85. The smallest absolute Gasteiger partial charge is 0.160 e. The first-order chi connectivity index (χ1) is 7.17. The van der Waals surface area contributed by atoms with Crippen LogP contribution in [0.25, 0.3) is 10.2 Å². The number of fused-ring (bicyclic) bond motifs is 1. The van der Waals surface area contributed by atoms with Crippen LogP contribution in [0.15, 0.2) is 10.4 Å². The van der Waals surface area contributed by atoms with Crippen LogP contribution < -0.4 is 0 Å². The normalized spacial score (nSPS) is 10.5. The van der Waals surface area contributed by atoms with Crippen molar-refractivity contribution >= 4 is 33.3 Å². The summed E-state index contributed by atoms with van der Waals surface area (Å²) in [6, 6.07) is 2.49. The number of aromatic nitrogens is 1. The molecule has 0 radical (unpaired) electrons. The summed E-state index contributed by atoms with van der Waals surface area (Å²) in [5, 5.41) is 8.59. The topological polar surface area (TPSA) is 36.7 Å². The summed E-state index contributed by atoms with van der Waals surface area (Å²) in [4.78, 5) is 3.92. The van der Waals surface area contributed by atoms with Crippen LogP contribution in [-0.4, -0.2) is 11.2 Å². The Morgan fingerprint density at radius 1 is 1.53 bits per heavy atom. The van der Waals surface area contributed by atoms with Crippen LogP contribution in [0.3, 0.4) is 0 Å². The van der Waals surface area contributed by atoms with E-state index in [1.54, 1.807) is 12.3 Å². The molecule has 0 bridgehead atoms. The fraction of sp³-hybridized carbons (Fsp3) is 0.111. The Labute approximate surface area is 92.5 Å². The van der Waals surface area contributed by atoms with Gasteiger partial charge in [-0.25, -0.2) is 13.8 Å². The SMILES string of the molecule is CSc1nc2c(F)cc(C#N)c(F)c2s1. The molecule has 0 spiro atoms. The molecule has 0 atom stereocenters. The molecular formula is C9H4F2N2S2. The van der Waals surface area contributed by atoms with E-state index >= 15 is 0 Å². The fourth-order valence-corrected chi connectivity index (χ4v) is 2.68. The number of hydrogen-bond donors (Lipinski definition) is 0. The van der Waals surface area contributed by atoms with Gasteiger partial charge in [0.15, 0.2) is 16.0 Å². The number of nitrogens with zero attached hydrogens (tertiary/aromatic N) is 2. The number of thiazole rings is 1. The first-order valence-corrected chi connectivity index (χ1v) is 5.94. The second-order valence-corrected chi connectivity index (χ2v) is 4.75. The van der Waals surface area contributed by atoms with Crippen molar-refractivity contribution in [2.24, 2.45) is 0 Å². The van der Waals surface area contributed by atoms with E-state index in [1.165, 1.54) is 11.8 Å². The maximum absolute atomic E-state index is 13.6. The number of thioether (sulfide) groups is 1. The average molecular weight is 242 g/mol. The molecule has 0 fully saturated rings. The predicted molar refractivity (Wildman–Crippen MR) is 56.0 cm³/mol. The van der Waals surface area contributed by atoms with Gasteiger partial charge in [-0.1, -0.05) is 11.8 Å². The molecular weight excluding hydrogens is 238 g/mol. The lowest BCUT2D eigenvalue weighted by molar-refractivity contribution is 0.614. The van der Waals surface area contributed by atoms with Crippen molar-refractivity contribution in [3.63, 3.8) is 0 Å². The van der Waals surface area contributed by atoms with E-state index in [4.69, 9.17) is 5.26 Å². The molecule has 6 heteroatoms. The van der Waals surface area contributed by atoms with Crippen molar-refractivity contribution in [2.75, 3.05) is 6.26 Å². The van der Waals surface area contributed by atoms with Gasteiger partial charge in [0, 0.05) is 0 Å². The lowest BCUT2D eigenvalue weighted by Gasteiger charge is -1.95. The van der Waals surface area contributed by atoms with Gasteiger partial charge in [0.25, 0.3) is 0 Å². The number of hydrogen-bond acceptors (Lipinski definition) is 4. The molecule has 0 unspecified atom stereocenters. The summed E-state index contributed by atoms with van der Waals surface area (Å²) >= 11 is 2.37. The molecule has 1 aromatic carbocycles. The van der Waals surface area contributed by atoms with E-state index in [-0.39, 0.29) is 15.8 Å². The lowest BCUT2D eigenvalue weighted by atomic mass is 10.2. The highest BCUT2D eigenvalue weighted by Gasteiger charge is 2.16. The van der Waals surface area contributed by atoms with Gasteiger partial charge in [-0.05, 0) is 12.3 Å². The summed E-state index contributed by atoms with van der Waals surface area (Å²) in [6.45, 7) is 0. The highest BCUT2D eigenvalue weighted by Crippen LogP contribution is 2.32. The minimum absolute atomic E-state index is 0.000787. The highest BCUT2D eigenvalue weighted by atomic mass is 32.2. The summed E-state index contributed by atoms with van der Waals surface area (Å²) in [5.41, 5.74) is -0.280. The van der Waals surface area contributed by atoms with Gasteiger partial charge in [-0.2, -0.15) is 5.26 Å². The number of rotatable bonds is 1. The Morgan fingerprint density at radius 2 is 2.27 bits per heavy atom. The molecule has 0 aliphatic carbocycles. The van der Waals surface area contributed by atoms with E-state index in [2.05, 4.69) is 4.98 Å². The second kappa shape index (κ2) is 3.76. The summed E-state index contributed by atoms with van der Waals surface area (Å²) in [5.74, 6) is -1.34. The third kappa shape index (κ3) is 1.58. The van der Waals surface area contributed by atoms with Crippen molar-refractivity contribution in [1.82, 2.24) is 4.98 Å². The van der Waals surface area contributed by atoms with Crippen LogP contribution in [0.5, 0.6) is 0 Å². The van der Waals surface area contributed by atoms with Gasteiger partial charge >= 0.3 is 0 Å². The van der Waals surface area contributed by atoms with E-state index < -0.39 is 11.6 Å². The van der Waals surface area contributed by atoms with Gasteiger partial charge in [-0.15, -0.1) is 11.3 Å². The van der Waals surface area contributed by atoms with Gasteiger partial charge in [-0.3, -0.25) is 0 Å². The van der Waals surface area contributed by atoms with Gasteiger partial charge in [0.05, 0.1) is 10.3 Å². The molecule has 0 amide bonds. The summed E-state index contributed by atoms with van der Waals surface area (Å²) < 4.78 is 27.6. The van der Waals surface area contributed by atoms with E-state index in [1.807, 2.05) is 0 Å². The van der Waals surface area contributed by atoms with Crippen LogP contribution >= 0.6 is 23.1 Å². The molecule has 0 saturated heterocycles. The second-order valence-electron chi connectivity index (χ2n) is 2.69. The number of halogens is 2. The molecule has 1 heterocycles. The third-order valence-corrected chi connectivity index (χ3v) is 3.87. The van der Waals surface area contributed by atoms with Crippen LogP contribution in [0.2, 0.25) is 0 Å². The van der Waals surface area contributed by atoms with Crippen LogP contribution in [0, 0.1) is 23.0 Å². The zero-order valence-corrected chi connectivity index (χ0v) is 9.18. The third-order valence-electron chi connectivity index (χ3n) is 1.84. The zero-order valence-electron chi connectivity index (χ0n) is 7.54. The molecule has 0 aliphatic rings.